The number of halogens is 1. The molecule has 2 aliphatic rings. The molecule has 0 aromatic rings. The summed E-state index contributed by atoms with van der Waals surface area (Å²) in [5.74, 6) is -0.222. The monoisotopic (exact) mass is 318 g/mol. The lowest BCUT2D eigenvalue weighted by Crippen LogP contribution is -2.47. The highest BCUT2D eigenvalue weighted by molar-refractivity contribution is 5.85. The lowest BCUT2D eigenvalue weighted by Gasteiger charge is -2.31. The van der Waals surface area contributed by atoms with Gasteiger partial charge in [0.05, 0.1) is 12.5 Å². The van der Waals surface area contributed by atoms with Crippen molar-refractivity contribution in [1.29, 1.82) is 0 Å². The highest BCUT2D eigenvalue weighted by Crippen LogP contribution is 2.23. The molecule has 2 N–H and O–H groups in total. The molecule has 1 saturated carbocycles. The van der Waals surface area contributed by atoms with Crippen molar-refractivity contribution >= 4 is 24.3 Å². The zero-order valence-electron chi connectivity index (χ0n) is 12.7. The van der Waals surface area contributed by atoms with E-state index in [1.54, 1.807) is 0 Å². The topological polar surface area (TPSA) is 69.6 Å². The number of nitrogens with one attached hydrogen (secondary N) is 1. The summed E-state index contributed by atoms with van der Waals surface area (Å²) < 4.78 is 0. The number of piperidine rings is 1. The fourth-order valence-corrected chi connectivity index (χ4v) is 3.28. The maximum atomic E-state index is 12.0. The van der Waals surface area contributed by atoms with Crippen LogP contribution in [0.3, 0.4) is 0 Å². The van der Waals surface area contributed by atoms with E-state index in [-0.39, 0.29) is 24.2 Å². The third-order valence-corrected chi connectivity index (χ3v) is 4.60. The second-order valence-corrected chi connectivity index (χ2v) is 6.44. The number of carbonyl (C=O) groups excluding carboxylic acids is 1. The Labute approximate surface area is 132 Å². The molecule has 0 bridgehead atoms. The number of aliphatic carboxylic acids is 1. The van der Waals surface area contributed by atoms with Crippen LogP contribution in [0, 0.1) is 11.8 Å². The minimum Gasteiger partial charge on any atom is -0.481 e. The van der Waals surface area contributed by atoms with Crippen LogP contribution in [-0.2, 0) is 9.59 Å². The molecule has 0 radical (unpaired) electrons. The Morgan fingerprint density at radius 3 is 2.48 bits per heavy atom. The van der Waals surface area contributed by atoms with Gasteiger partial charge in [0.2, 0.25) is 5.91 Å². The van der Waals surface area contributed by atoms with Crippen molar-refractivity contribution in [3.63, 3.8) is 0 Å². The molecule has 1 heterocycles. The second kappa shape index (κ2) is 8.59. The molecule has 122 valence electrons. The summed E-state index contributed by atoms with van der Waals surface area (Å²) in [4.78, 5) is 25.0. The maximum absolute atomic E-state index is 12.0. The van der Waals surface area contributed by atoms with E-state index in [0.717, 1.165) is 38.1 Å². The summed E-state index contributed by atoms with van der Waals surface area (Å²) in [6.07, 6.45) is 6.12. The Bertz CT molecular complexity index is 357. The van der Waals surface area contributed by atoms with Crippen LogP contribution in [0.2, 0.25) is 0 Å². The van der Waals surface area contributed by atoms with Crippen molar-refractivity contribution in [2.75, 3.05) is 19.6 Å². The van der Waals surface area contributed by atoms with Gasteiger partial charge in [-0.25, -0.2) is 0 Å². The van der Waals surface area contributed by atoms with E-state index in [0.29, 0.717) is 19.1 Å². The van der Waals surface area contributed by atoms with Gasteiger partial charge in [-0.3, -0.25) is 14.5 Å². The van der Waals surface area contributed by atoms with Crippen LogP contribution in [-0.4, -0.2) is 47.6 Å². The first-order chi connectivity index (χ1) is 9.54. The molecule has 0 spiro atoms. The van der Waals surface area contributed by atoms with E-state index < -0.39 is 5.97 Å². The Kier molecular flexibility index (Phi) is 7.46. The van der Waals surface area contributed by atoms with Gasteiger partial charge in [0, 0.05) is 12.6 Å². The Hall–Kier alpha value is -0.810. The highest BCUT2D eigenvalue weighted by atomic mass is 35.5. The first kappa shape index (κ1) is 18.2. The number of nitrogens with zero attached hydrogens (tertiary/aromatic N) is 1. The number of rotatable bonds is 4. The standard InChI is InChI=1S/C15H26N2O3.ClH/c1-11-4-6-13(7-5-11)16-14(18)10-17-8-2-3-12(9-17)15(19)20;/h11-13H,2-10H2,1H3,(H,16,18)(H,19,20);1H. The van der Waals surface area contributed by atoms with Crippen LogP contribution in [0.15, 0.2) is 0 Å². The van der Waals surface area contributed by atoms with Gasteiger partial charge in [-0.05, 0) is 51.0 Å². The molecule has 0 aromatic carbocycles. The average molecular weight is 319 g/mol. The molecule has 21 heavy (non-hydrogen) atoms. The molecule has 1 aliphatic heterocycles. The summed E-state index contributed by atoms with van der Waals surface area (Å²) in [6.45, 7) is 3.94. The third-order valence-electron chi connectivity index (χ3n) is 4.60. The molecular formula is C15H27ClN2O3. The number of carboxylic acid groups (broad SMARTS) is 1. The molecule has 0 aromatic heterocycles. The Balaban J connectivity index is 0.00000220. The fraction of sp³-hybridized carbons (Fsp3) is 0.867. The van der Waals surface area contributed by atoms with Crippen LogP contribution in [0.4, 0.5) is 0 Å². The van der Waals surface area contributed by atoms with Crippen molar-refractivity contribution in [3.05, 3.63) is 0 Å². The number of hydrogen-bond acceptors (Lipinski definition) is 3. The zero-order valence-corrected chi connectivity index (χ0v) is 13.5. The Morgan fingerprint density at radius 2 is 1.86 bits per heavy atom. The number of carbonyl (C=O) groups is 2. The van der Waals surface area contributed by atoms with Crippen molar-refractivity contribution < 1.29 is 14.7 Å². The minimum absolute atomic E-state index is 0. The van der Waals surface area contributed by atoms with E-state index in [2.05, 4.69) is 12.2 Å². The summed E-state index contributed by atoms with van der Waals surface area (Å²) in [5, 5.41) is 12.2. The van der Waals surface area contributed by atoms with Gasteiger partial charge in [-0.15, -0.1) is 12.4 Å². The van der Waals surface area contributed by atoms with Gasteiger partial charge in [0.15, 0.2) is 0 Å². The molecule has 2 fully saturated rings. The molecule has 5 nitrogen and oxygen atoms in total. The molecule has 2 rings (SSSR count). The molecule has 6 heteroatoms. The van der Waals surface area contributed by atoms with Gasteiger partial charge in [-0.1, -0.05) is 6.92 Å². The number of likely N-dealkylation sites (tertiary alicyclic amines) is 1. The molecule has 1 atom stereocenters. The number of amides is 1. The lowest BCUT2D eigenvalue weighted by atomic mass is 9.87. The van der Waals surface area contributed by atoms with E-state index in [1.807, 2.05) is 4.90 Å². The normalized spacial score (nSPS) is 30.2. The van der Waals surface area contributed by atoms with Crippen molar-refractivity contribution in [3.8, 4) is 0 Å². The fourth-order valence-electron chi connectivity index (χ4n) is 3.28. The smallest absolute Gasteiger partial charge is 0.307 e. The summed E-state index contributed by atoms with van der Waals surface area (Å²) in [7, 11) is 0. The summed E-state index contributed by atoms with van der Waals surface area (Å²) >= 11 is 0. The quantitative estimate of drug-likeness (QED) is 0.830. The SMILES string of the molecule is CC1CCC(NC(=O)CN2CCCC(C(=O)O)C2)CC1.Cl. The van der Waals surface area contributed by atoms with Gasteiger partial charge >= 0.3 is 5.97 Å². The third kappa shape index (κ3) is 5.83. The van der Waals surface area contributed by atoms with Gasteiger partial charge in [0.25, 0.3) is 0 Å². The van der Waals surface area contributed by atoms with Crippen LogP contribution in [0.25, 0.3) is 0 Å². The minimum atomic E-state index is -0.739. The summed E-state index contributed by atoms with van der Waals surface area (Å²) in [6, 6.07) is 0.318. The van der Waals surface area contributed by atoms with Gasteiger partial charge in [0.1, 0.15) is 0 Å². The van der Waals surface area contributed by atoms with E-state index >= 15 is 0 Å². The van der Waals surface area contributed by atoms with Crippen molar-refractivity contribution in [2.45, 2.75) is 51.5 Å². The average Bonchev–Trinajstić information content (AvgIpc) is 2.41. The van der Waals surface area contributed by atoms with Gasteiger partial charge < -0.3 is 10.4 Å². The number of carboxylic acids is 1. The maximum Gasteiger partial charge on any atom is 0.307 e. The predicted molar refractivity (Wildman–Crippen MR) is 83.6 cm³/mol. The van der Waals surface area contributed by atoms with Crippen LogP contribution in [0.1, 0.15) is 45.4 Å². The molecular weight excluding hydrogens is 292 g/mol. The highest BCUT2D eigenvalue weighted by Gasteiger charge is 2.27. The summed E-state index contributed by atoms with van der Waals surface area (Å²) in [5.41, 5.74) is 0. The van der Waals surface area contributed by atoms with E-state index in [1.165, 1.54) is 12.8 Å². The van der Waals surface area contributed by atoms with E-state index in [4.69, 9.17) is 5.11 Å². The van der Waals surface area contributed by atoms with E-state index in [9.17, 15) is 9.59 Å². The molecule has 1 aliphatic carbocycles. The second-order valence-electron chi connectivity index (χ2n) is 6.44. The molecule has 1 saturated heterocycles. The van der Waals surface area contributed by atoms with Gasteiger partial charge in [-0.2, -0.15) is 0 Å². The largest absolute Gasteiger partial charge is 0.481 e. The van der Waals surface area contributed by atoms with Crippen molar-refractivity contribution in [1.82, 2.24) is 10.2 Å². The molecule has 1 amide bonds. The lowest BCUT2D eigenvalue weighted by molar-refractivity contribution is -0.144. The molecule has 1 unspecified atom stereocenters. The zero-order chi connectivity index (χ0) is 14.5. The first-order valence-corrected chi connectivity index (χ1v) is 7.79. The van der Waals surface area contributed by atoms with Crippen LogP contribution >= 0.6 is 12.4 Å². The van der Waals surface area contributed by atoms with Crippen LogP contribution in [0.5, 0.6) is 0 Å². The predicted octanol–water partition coefficient (Wildman–Crippen LogP) is 1.90. The number of hydrogen-bond donors (Lipinski definition) is 2. The van der Waals surface area contributed by atoms with Crippen LogP contribution < -0.4 is 5.32 Å². The van der Waals surface area contributed by atoms with Crippen molar-refractivity contribution in [2.24, 2.45) is 11.8 Å². The Morgan fingerprint density at radius 1 is 1.19 bits per heavy atom. The first-order valence-electron chi connectivity index (χ1n) is 7.79.